The van der Waals surface area contributed by atoms with Crippen LogP contribution in [0, 0.1) is 0 Å². The number of nitrogen functional groups attached to an aromatic ring is 1. The Morgan fingerprint density at radius 2 is 2.21 bits per heavy atom. The third kappa shape index (κ3) is 2.15. The molecular formula is C12H12ClN5O. The summed E-state index contributed by atoms with van der Waals surface area (Å²) in [6.45, 7) is 1.82. The van der Waals surface area contributed by atoms with Crippen LogP contribution in [0.15, 0.2) is 24.7 Å². The molecule has 0 aromatic carbocycles. The van der Waals surface area contributed by atoms with Crippen LogP contribution in [0.4, 0.5) is 5.69 Å². The SMILES string of the molecule is Nc1cnc(Cl)c(C(=O)N2CCn3ccnc3C2)c1. The Hall–Kier alpha value is -2.08. The number of rotatable bonds is 1. The fourth-order valence-corrected chi connectivity index (χ4v) is 2.32. The molecule has 0 saturated carbocycles. The van der Waals surface area contributed by atoms with Crippen molar-refractivity contribution in [2.75, 3.05) is 12.3 Å². The molecule has 0 spiro atoms. The Morgan fingerprint density at radius 1 is 1.37 bits per heavy atom. The molecule has 3 rings (SSSR count). The van der Waals surface area contributed by atoms with Crippen molar-refractivity contribution in [1.29, 1.82) is 0 Å². The van der Waals surface area contributed by atoms with Gasteiger partial charge in [0.2, 0.25) is 0 Å². The molecule has 2 aromatic rings. The van der Waals surface area contributed by atoms with E-state index in [1.54, 1.807) is 17.2 Å². The smallest absolute Gasteiger partial charge is 0.257 e. The molecule has 98 valence electrons. The van der Waals surface area contributed by atoms with Crippen LogP contribution in [0.1, 0.15) is 16.2 Å². The highest BCUT2D eigenvalue weighted by atomic mass is 35.5. The highest BCUT2D eigenvalue weighted by Gasteiger charge is 2.24. The van der Waals surface area contributed by atoms with E-state index in [1.165, 1.54) is 6.20 Å². The van der Waals surface area contributed by atoms with Gasteiger partial charge in [-0.1, -0.05) is 11.6 Å². The molecule has 0 atom stereocenters. The van der Waals surface area contributed by atoms with Gasteiger partial charge in [-0.3, -0.25) is 4.79 Å². The van der Waals surface area contributed by atoms with Crippen molar-refractivity contribution < 1.29 is 4.79 Å². The van der Waals surface area contributed by atoms with Crippen molar-refractivity contribution in [1.82, 2.24) is 19.4 Å². The Morgan fingerprint density at radius 3 is 3.05 bits per heavy atom. The first-order valence-corrected chi connectivity index (χ1v) is 6.23. The maximum atomic E-state index is 12.4. The molecule has 1 aliphatic rings. The van der Waals surface area contributed by atoms with Gasteiger partial charge in [-0.15, -0.1) is 0 Å². The molecule has 6 nitrogen and oxygen atoms in total. The maximum Gasteiger partial charge on any atom is 0.257 e. The van der Waals surface area contributed by atoms with Gasteiger partial charge in [-0.05, 0) is 6.07 Å². The predicted molar refractivity (Wildman–Crippen MR) is 70.6 cm³/mol. The minimum absolute atomic E-state index is 0.168. The summed E-state index contributed by atoms with van der Waals surface area (Å²) in [6, 6.07) is 1.55. The van der Waals surface area contributed by atoms with Crippen LogP contribution in [0.25, 0.3) is 0 Å². The summed E-state index contributed by atoms with van der Waals surface area (Å²) in [5.41, 5.74) is 6.40. The average Bonchev–Trinajstić information content (AvgIpc) is 2.88. The van der Waals surface area contributed by atoms with E-state index in [-0.39, 0.29) is 11.1 Å². The monoisotopic (exact) mass is 277 g/mol. The lowest BCUT2D eigenvalue weighted by Crippen LogP contribution is -2.38. The third-order valence-electron chi connectivity index (χ3n) is 3.12. The third-order valence-corrected chi connectivity index (χ3v) is 3.42. The van der Waals surface area contributed by atoms with Gasteiger partial charge in [0.15, 0.2) is 0 Å². The molecule has 0 radical (unpaired) electrons. The Bertz CT molecular complexity index is 639. The second-order valence-corrected chi connectivity index (χ2v) is 4.73. The number of nitrogens with zero attached hydrogens (tertiary/aromatic N) is 4. The summed E-state index contributed by atoms with van der Waals surface area (Å²) < 4.78 is 2.03. The van der Waals surface area contributed by atoms with Gasteiger partial charge >= 0.3 is 0 Å². The van der Waals surface area contributed by atoms with Gasteiger partial charge in [0.1, 0.15) is 11.0 Å². The molecular weight excluding hydrogens is 266 g/mol. The predicted octanol–water partition coefficient (Wildman–Crippen LogP) is 1.17. The summed E-state index contributed by atoms with van der Waals surface area (Å²) in [6.07, 6.45) is 5.08. The number of fused-ring (bicyclic) bond motifs is 1. The highest BCUT2D eigenvalue weighted by molar-refractivity contribution is 6.32. The number of pyridine rings is 1. The first kappa shape index (κ1) is 12.0. The molecule has 0 bridgehead atoms. The molecule has 0 fully saturated rings. The Kier molecular flexibility index (Phi) is 2.87. The van der Waals surface area contributed by atoms with E-state index >= 15 is 0 Å². The summed E-state index contributed by atoms with van der Waals surface area (Å²) in [5, 5.41) is 0.174. The van der Waals surface area contributed by atoms with Crippen molar-refractivity contribution >= 4 is 23.2 Å². The number of carbonyl (C=O) groups excluding carboxylic acids is 1. The van der Waals surface area contributed by atoms with Crippen molar-refractivity contribution in [3.63, 3.8) is 0 Å². The summed E-state index contributed by atoms with van der Waals surface area (Å²) in [5.74, 6) is 0.701. The maximum absolute atomic E-state index is 12.4. The Balaban J connectivity index is 1.87. The molecule has 0 aliphatic carbocycles. The van der Waals surface area contributed by atoms with Gasteiger partial charge in [-0.25, -0.2) is 9.97 Å². The van der Waals surface area contributed by atoms with E-state index in [2.05, 4.69) is 9.97 Å². The van der Waals surface area contributed by atoms with Crippen molar-refractivity contribution in [2.24, 2.45) is 0 Å². The number of halogens is 1. The van der Waals surface area contributed by atoms with Gasteiger partial charge in [-0.2, -0.15) is 0 Å². The quantitative estimate of drug-likeness (QED) is 0.794. The van der Waals surface area contributed by atoms with Gasteiger partial charge < -0.3 is 15.2 Å². The first-order chi connectivity index (χ1) is 9.15. The topological polar surface area (TPSA) is 77.0 Å². The highest BCUT2D eigenvalue weighted by Crippen LogP contribution is 2.20. The van der Waals surface area contributed by atoms with Crippen LogP contribution >= 0.6 is 11.6 Å². The van der Waals surface area contributed by atoms with Gasteiger partial charge in [0.25, 0.3) is 5.91 Å². The molecule has 7 heteroatoms. The summed E-state index contributed by atoms with van der Waals surface area (Å²) in [7, 11) is 0. The molecule has 1 aliphatic heterocycles. The number of imidazole rings is 1. The van der Waals surface area contributed by atoms with Crippen LogP contribution in [-0.4, -0.2) is 31.9 Å². The van der Waals surface area contributed by atoms with E-state index < -0.39 is 0 Å². The number of amides is 1. The second kappa shape index (κ2) is 4.55. The molecule has 3 heterocycles. The van der Waals surface area contributed by atoms with Crippen LogP contribution in [0.5, 0.6) is 0 Å². The second-order valence-electron chi connectivity index (χ2n) is 4.37. The van der Waals surface area contributed by atoms with Crippen LogP contribution in [0.3, 0.4) is 0 Å². The number of carbonyl (C=O) groups is 1. The van der Waals surface area contributed by atoms with Crippen LogP contribution in [0.2, 0.25) is 5.15 Å². The lowest BCUT2D eigenvalue weighted by molar-refractivity contribution is 0.0707. The van der Waals surface area contributed by atoms with Crippen molar-refractivity contribution in [3.8, 4) is 0 Å². The van der Waals surface area contributed by atoms with Crippen LogP contribution < -0.4 is 5.73 Å². The number of anilines is 1. The van der Waals surface area contributed by atoms with E-state index in [0.717, 1.165) is 12.4 Å². The number of nitrogens with two attached hydrogens (primary N) is 1. The lowest BCUT2D eigenvalue weighted by Gasteiger charge is -2.27. The van der Waals surface area contributed by atoms with E-state index in [9.17, 15) is 4.79 Å². The number of hydrogen-bond donors (Lipinski definition) is 1. The van der Waals surface area contributed by atoms with E-state index in [1.807, 2.05) is 10.8 Å². The zero-order valence-electron chi connectivity index (χ0n) is 10.1. The fourth-order valence-electron chi connectivity index (χ4n) is 2.13. The molecule has 2 aromatic heterocycles. The Labute approximate surface area is 114 Å². The summed E-state index contributed by atoms with van der Waals surface area (Å²) in [4.78, 5) is 22.2. The average molecular weight is 278 g/mol. The van der Waals surface area contributed by atoms with Crippen molar-refractivity contribution in [3.05, 3.63) is 41.2 Å². The zero-order valence-corrected chi connectivity index (χ0v) is 10.8. The number of aromatic nitrogens is 3. The molecule has 2 N–H and O–H groups in total. The normalized spacial score (nSPS) is 14.3. The number of hydrogen-bond acceptors (Lipinski definition) is 4. The minimum atomic E-state index is -0.168. The van der Waals surface area contributed by atoms with Gasteiger partial charge in [0, 0.05) is 25.5 Å². The zero-order chi connectivity index (χ0) is 13.4. The minimum Gasteiger partial charge on any atom is -0.397 e. The first-order valence-electron chi connectivity index (χ1n) is 5.85. The molecule has 19 heavy (non-hydrogen) atoms. The fraction of sp³-hybridized carbons (Fsp3) is 0.250. The standard InChI is InChI=1S/C12H12ClN5O/c13-11-9(5-8(14)6-16-11)12(19)18-4-3-17-2-1-15-10(17)7-18/h1-2,5-6H,3-4,7,14H2. The molecule has 1 amide bonds. The van der Waals surface area contributed by atoms with Gasteiger partial charge in [0.05, 0.1) is 24.0 Å². The largest absolute Gasteiger partial charge is 0.397 e. The van der Waals surface area contributed by atoms with E-state index in [4.69, 9.17) is 17.3 Å². The molecule has 0 unspecified atom stereocenters. The van der Waals surface area contributed by atoms with Crippen molar-refractivity contribution in [2.45, 2.75) is 13.1 Å². The summed E-state index contributed by atoms with van der Waals surface area (Å²) >= 11 is 5.95. The molecule has 0 saturated heterocycles. The van der Waals surface area contributed by atoms with Crippen LogP contribution in [-0.2, 0) is 13.1 Å². The van der Waals surface area contributed by atoms with E-state index in [0.29, 0.717) is 24.3 Å². The lowest BCUT2D eigenvalue weighted by atomic mass is 10.2.